The molecule has 0 spiro atoms. The van der Waals surface area contributed by atoms with Gasteiger partial charge in [0.1, 0.15) is 0 Å². The van der Waals surface area contributed by atoms with Crippen molar-refractivity contribution in [1.82, 2.24) is 10.6 Å². The molecule has 0 aromatic heterocycles. The molecule has 116 valence electrons. The Hall–Kier alpha value is -0.920. The highest BCUT2D eigenvalue weighted by atomic mass is 79.9. The van der Waals surface area contributed by atoms with Crippen molar-refractivity contribution >= 4 is 31.7 Å². The Kier molecular flexibility index (Phi) is 5.40. The van der Waals surface area contributed by atoms with Crippen LogP contribution in [0.3, 0.4) is 0 Å². The largest absolute Gasteiger partial charge is 0.350 e. The van der Waals surface area contributed by atoms with Crippen molar-refractivity contribution in [3.05, 3.63) is 34.3 Å². The molecule has 2 unspecified atom stereocenters. The first-order chi connectivity index (χ1) is 9.85. The van der Waals surface area contributed by atoms with E-state index in [0.717, 1.165) is 10.0 Å². The third-order valence-electron chi connectivity index (χ3n) is 3.46. The molecule has 7 heteroatoms. The van der Waals surface area contributed by atoms with Crippen molar-refractivity contribution < 1.29 is 13.2 Å². The highest BCUT2D eigenvalue weighted by molar-refractivity contribution is 9.10. The summed E-state index contributed by atoms with van der Waals surface area (Å²) in [5.41, 5.74) is 1.00. The van der Waals surface area contributed by atoms with Crippen LogP contribution in [-0.2, 0) is 14.6 Å². The van der Waals surface area contributed by atoms with Crippen LogP contribution in [0.4, 0.5) is 0 Å². The molecule has 0 aliphatic carbocycles. The van der Waals surface area contributed by atoms with Crippen LogP contribution in [-0.4, -0.2) is 38.4 Å². The zero-order valence-corrected chi connectivity index (χ0v) is 14.2. The lowest BCUT2D eigenvalue weighted by Gasteiger charge is -2.24. The highest BCUT2D eigenvalue weighted by Gasteiger charge is 2.26. The first-order valence-corrected chi connectivity index (χ1v) is 9.46. The van der Waals surface area contributed by atoms with Gasteiger partial charge in [0.2, 0.25) is 5.91 Å². The van der Waals surface area contributed by atoms with Gasteiger partial charge in [0, 0.05) is 23.5 Å². The predicted octanol–water partition coefficient (Wildman–Crippen LogP) is 1.40. The van der Waals surface area contributed by atoms with Gasteiger partial charge in [0.25, 0.3) is 0 Å². The Morgan fingerprint density at radius 2 is 2.29 bits per heavy atom. The van der Waals surface area contributed by atoms with E-state index < -0.39 is 9.84 Å². The number of hydrogen-bond acceptors (Lipinski definition) is 4. The maximum atomic E-state index is 12.0. The van der Waals surface area contributed by atoms with Crippen molar-refractivity contribution in [2.24, 2.45) is 0 Å². The molecule has 0 radical (unpaired) electrons. The minimum atomic E-state index is -3.01. The standard InChI is InChI=1S/C14H19BrN2O3S/c1-10(11-3-2-4-12(15)7-11)17-14(18)8-13-9-21(19,20)6-5-16-13/h2-4,7,10,13,16H,5-6,8-9H2,1H3,(H,17,18). The van der Waals surface area contributed by atoms with Crippen LogP contribution in [0.15, 0.2) is 28.7 Å². The smallest absolute Gasteiger partial charge is 0.222 e. The summed E-state index contributed by atoms with van der Waals surface area (Å²) >= 11 is 3.40. The number of hydrogen-bond donors (Lipinski definition) is 2. The quantitative estimate of drug-likeness (QED) is 0.835. The summed E-state index contributed by atoms with van der Waals surface area (Å²) in [6.45, 7) is 2.33. The summed E-state index contributed by atoms with van der Waals surface area (Å²) in [4.78, 5) is 12.0. The molecule has 1 heterocycles. The molecule has 2 atom stereocenters. The normalized spacial score (nSPS) is 22.5. The van der Waals surface area contributed by atoms with E-state index in [4.69, 9.17) is 0 Å². The molecule has 0 bridgehead atoms. The number of rotatable bonds is 4. The topological polar surface area (TPSA) is 75.3 Å². The second-order valence-corrected chi connectivity index (χ2v) is 8.46. The fourth-order valence-corrected chi connectivity index (χ4v) is 4.24. The van der Waals surface area contributed by atoms with Gasteiger partial charge in [-0.15, -0.1) is 0 Å². The average Bonchev–Trinajstić information content (AvgIpc) is 2.37. The molecule has 0 saturated carbocycles. The number of sulfone groups is 1. The van der Waals surface area contributed by atoms with Crippen LogP contribution in [0.1, 0.15) is 24.9 Å². The fraction of sp³-hybridized carbons (Fsp3) is 0.500. The molecule has 1 aromatic rings. The SMILES string of the molecule is CC(NC(=O)CC1CS(=O)(=O)CCN1)c1cccc(Br)c1. The highest BCUT2D eigenvalue weighted by Crippen LogP contribution is 2.18. The van der Waals surface area contributed by atoms with E-state index in [0.29, 0.717) is 6.54 Å². The lowest BCUT2D eigenvalue weighted by Crippen LogP contribution is -2.47. The van der Waals surface area contributed by atoms with Crippen molar-refractivity contribution in [1.29, 1.82) is 0 Å². The van der Waals surface area contributed by atoms with Gasteiger partial charge in [-0.2, -0.15) is 0 Å². The van der Waals surface area contributed by atoms with Crippen LogP contribution in [0.25, 0.3) is 0 Å². The third-order valence-corrected chi connectivity index (χ3v) is 5.69. The van der Waals surface area contributed by atoms with Gasteiger partial charge in [-0.05, 0) is 24.6 Å². The fourth-order valence-electron chi connectivity index (χ4n) is 2.38. The summed E-state index contributed by atoms with van der Waals surface area (Å²) in [5.74, 6) is 0.0442. The van der Waals surface area contributed by atoms with Crippen molar-refractivity contribution in [2.75, 3.05) is 18.1 Å². The molecular formula is C14H19BrN2O3S. The summed E-state index contributed by atoms with van der Waals surface area (Å²) in [7, 11) is -3.01. The number of halogens is 1. The van der Waals surface area contributed by atoms with E-state index in [-0.39, 0.29) is 35.9 Å². The van der Waals surface area contributed by atoms with E-state index in [2.05, 4.69) is 26.6 Å². The summed E-state index contributed by atoms with van der Waals surface area (Å²) in [6, 6.07) is 7.33. The van der Waals surface area contributed by atoms with Crippen LogP contribution >= 0.6 is 15.9 Å². The van der Waals surface area contributed by atoms with E-state index in [9.17, 15) is 13.2 Å². The Balaban J connectivity index is 1.89. The molecule has 21 heavy (non-hydrogen) atoms. The second kappa shape index (κ2) is 6.89. The van der Waals surface area contributed by atoms with Gasteiger partial charge in [0.15, 0.2) is 9.84 Å². The van der Waals surface area contributed by atoms with E-state index in [1.165, 1.54) is 0 Å². The first kappa shape index (κ1) is 16.5. The molecular weight excluding hydrogens is 356 g/mol. The van der Waals surface area contributed by atoms with Gasteiger partial charge in [0.05, 0.1) is 17.5 Å². The van der Waals surface area contributed by atoms with E-state index >= 15 is 0 Å². The molecule has 1 fully saturated rings. The zero-order chi connectivity index (χ0) is 15.5. The van der Waals surface area contributed by atoms with Crippen LogP contribution < -0.4 is 10.6 Å². The van der Waals surface area contributed by atoms with Crippen molar-refractivity contribution in [2.45, 2.75) is 25.4 Å². The summed E-state index contributed by atoms with van der Waals surface area (Å²) in [6.07, 6.45) is 0.178. The lowest BCUT2D eigenvalue weighted by atomic mass is 10.1. The second-order valence-electron chi connectivity index (χ2n) is 5.31. The van der Waals surface area contributed by atoms with E-state index in [1.54, 1.807) is 0 Å². The number of carbonyl (C=O) groups excluding carboxylic acids is 1. The minimum absolute atomic E-state index is 0.0334. The molecule has 1 aromatic carbocycles. The maximum absolute atomic E-state index is 12.0. The molecule has 2 N–H and O–H groups in total. The van der Waals surface area contributed by atoms with Crippen molar-refractivity contribution in [3.8, 4) is 0 Å². The van der Waals surface area contributed by atoms with Gasteiger partial charge in [-0.1, -0.05) is 28.1 Å². The molecule has 1 aliphatic rings. The van der Waals surface area contributed by atoms with Gasteiger partial charge >= 0.3 is 0 Å². The first-order valence-electron chi connectivity index (χ1n) is 6.84. The van der Waals surface area contributed by atoms with E-state index in [1.807, 2.05) is 31.2 Å². The number of benzene rings is 1. The Labute approximate surface area is 133 Å². The van der Waals surface area contributed by atoms with Gasteiger partial charge in [-0.3, -0.25) is 4.79 Å². The Bertz CT molecular complexity index is 618. The molecule has 5 nitrogen and oxygen atoms in total. The number of nitrogens with one attached hydrogen (secondary N) is 2. The van der Waals surface area contributed by atoms with Crippen LogP contribution in [0.2, 0.25) is 0 Å². The predicted molar refractivity (Wildman–Crippen MR) is 85.8 cm³/mol. The zero-order valence-electron chi connectivity index (χ0n) is 11.8. The Morgan fingerprint density at radius 1 is 1.52 bits per heavy atom. The summed E-state index contributed by atoms with van der Waals surface area (Å²) in [5, 5.41) is 5.98. The maximum Gasteiger partial charge on any atom is 0.222 e. The molecule has 1 amide bonds. The Morgan fingerprint density at radius 3 is 2.95 bits per heavy atom. The number of amides is 1. The van der Waals surface area contributed by atoms with Crippen LogP contribution in [0.5, 0.6) is 0 Å². The number of carbonyl (C=O) groups is 1. The van der Waals surface area contributed by atoms with Crippen molar-refractivity contribution in [3.63, 3.8) is 0 Å². The average molecular weight is 375 g/mol. The molecule has 2 rings (SSSR count). The van der Waals surface area contributed by atoms with Gasteiger partial charge in [-0.25, -0.2) is 8.42 Å². The lowest BCUT2D eigenvalue weighted by molar-refractivity contribution is -0.122. The van der Waals surface area contributed by atoms with Gasteiger partial charge < -0.3 is 10.6 Å². The molecule has 1 aliphatic heterocycles. The minimum Gasteiger partial charge on any atom is -0.350 e. The molecule has 1 saturated heterocycles. The third kappa shape index (κ3) is 5.09. The monoisotopic (exact) mass is 374 g/mol. The van der Waals surface area contributed by atoms with Crippen LogP contribution in [0, 0.1) is 0 Å². The summed E-state index contributed by atoms with van der Waals surface area (Å²) < 4.78 is 24.1.